The molecule has 17 heavy (non-hydrogen) atoms. The van der Waals surface area contributed by atoms with Crippen LogP contribution in [0.1, 0.15) is 19.7 Å². The molecule has 0 saturated heterocycles. The van der Waals surface area contributed by atoms with Gasteiger partial charge in [0.15, 0.2) is 0 Å². The Hall–Kier alpha value is -1.44. The minimum atomic E-state index is -1.19. The van der Waals surface area contributed by atoms with Crippen LogP contribution in [-0.2, 0) is 6.42 Å². The Kier molecular flexibility index (Phi) is 4.62. The highest BCUT2D eigenvalue weighted by molar-refractivity contribution is 5.47. The Morgan fingerprint density at radius 1 is 1.41 bits per heavy atom. The third-order valence-corrected chi connectivity index (χ3v) is 2.23. The van der Waals surface area contributed by atoms with Gasteiger partial charge in [-0.1, -0.05) is 6.92 Å². The Labute approximate surface area is 100 Å². The molecule has 1 aromatic heterocycles. The lowest BCUT2D eigenvalue weighted by atomic mass is 10.1. The van der Waals surface area contributed by atoms with E-state index in [9.17, 15) is 5.11 Å². The van der Waals surface area contributed by atoms with Crippen LogP contribution in [0.15, 0.2) is 6.07 Å². The predicted molar refractivity (Wildman–Crippen MR) is 65.4 cm³/mol. The van der Waals surface area contributed by atoms with E-state index in [0.717, 1.165) is 0 Å². The summed E-state index contributed by atoms with van der Waals surface area (Å²) in [7, 11) is 0. The number of hydrazine groups is 1. The lowest BCUT2D eigenvalue weighted by Crippen LogP contribution is -2.37. The molecule has 7 heteroatoms. The molecule has 0 bridgehead atoms. The molecule has 0 aromatic carbocycles. The molecule has 0 aliphatic carbocycles. The normalized spacial score (nSPS) is 14.2. The summed E-state index contributed by atoms with van der Waals surface area (Å²) in [6.07, 6.45) is 0.681. The van der Waals surface area contributed by atoms with Crippen molar-refractivity contribution < 1.29 is 10.2 Å². The average Bonchev–Trinajstić information content (AvgIpc) is 2.36. The highest BCUT2D eigenvalue weighted by atomic mass is 16.3. The monoisotopic (exact) mass is 241 g/mol. The largest absolute Gasteiger partial charge is 0.393 e. The van der Waals surface area contributed by atoms with Gasteiger partial charge in [0.2, 0.25) is 0 Å². The van der Waals surface area contributed by atoms with E-state index in [1.54, 1.807) is 6.07 Å². The third-order valence-electron chi connectivity index (χ3n) is 2.23. The quantitative estimate of drug-likeness (QED) is 0.336. The van der Waals surface area contributed by atoms with E-state index in [2.05, 4.69) is 20.7 Å². The van der Waals surface area contributed by atoms with Crippen molar-refractivity contribution in [1.82, 2.24) is 9.97 Å². The van der Waals surface area contributed by atoms with Crippen molar-refractivity contribution in [2.45, 2.75) is 25.9 Å². The van der Waals surface area contributed by atoms with Gasteiger partial charge >= 0.3 is 0 Å². The van der Waals surface area contributed by atoms with Gasteiger partial charge in [0.05, 0.1) is 6.61 Å². The maximum absolute atomic E-state index is 9.64. The lowest BCUT2D eigenvalue weighted by Gasteiger charge is -2.21. The molecule has 0 fully saturated rings. The van der Waals surface area contributed by atoms with Gasteiger partial charge in [-0.05, 0) is 6.92 Å². The van der Waals surface area contributed by atoms with Gasteiger partial charge in [-0.25, -0.2) is 15.8 Å². The number of aryl methyl sites for hydroxylation is 1. The summed E-state index contributed by atoms with van der Waals surface area (Å²) < 4.78 is 0. The first-order chi connectivity index (χ1) is 8.00. The Morgan fingerprint density at radius 2 is 2.06 bits per heavy atom. The molecule has 7 nitrogen and oxygen atoms in total. The van der Waals surface area contributed by atoms with Crippen molar-refractivity contribution in [3.63, 3.8) is 0 Å². The number of nitrogens with one attached hydrogen (secondary N) is 2. The summed E-state index contributed by atoms with van der Waals surface area (Å²) >= 11 is 0. The SMILES string of the molecule is CCc1nc(NN)cc(NCC(C)(O)CO)n1. The molecular weight excluding hydrogens is 222 g/mol. The molecule has 1 aromatic rings. The van der Waals surface area contributed by atoms with E-state index in [0.29, 0.717) is 23.9 Å². The van der Waals surface area contributed by atoms with Crippen molar-refractivity contribution in [3.8, 4) is 0 Å². The second kappa shape index (κ2) is 5.76. The number of anilines is 2. The van der Waals surface area contributed by atoms with Crippen LogP contribution in [0.2, 0.25) is 0 Å². The van der Waals surface area contributed by atoms with Crippen molar-refractivity contribution in [2.75, 3.05) is 23.9 Å². The molecule has 0 spiro atoms. The zero-order valence-corrected chi connectivity index (χ0v) is 10.1. The van der Waals surface area contributed by atoms with Crippen LogP contribution in [0.5, 0.6) is 0 Å². The average molecular weight is 241 g/mol. The third kappa shape index (κ3) is 4.14. The van der Waals surface area contributed by atoms with Crippen LogP contribution >= 0.6 is 0 Å². The van der Waals surface area contributed by atoms with Crippen LogP contribution < -0.4 is 16.6 Å². The zero-order chi connectivity index (χ0) is 12.9. The number of aliphatic hydroxyl groups is 2. The van der Waals surface area contributed by atoms with Crippen molar-refractivity contribution >= 4 is 11.6 Å². The zero-order valence-electron chi connectivity index (χ0n) is 10.1. The van der Waals surface area contributed by atoms with E-state index in [1.807, 2.05) is 6.92 Å². The maximum Gasteiger partial charge on any atom is 0.145 e. The lowest BCUT2D eigenvalue weighted by molar-refractivity contribution is 0.0131. The fraction of sp³-hybridized carbons (Fsp3) is 0.600. The van der Waals surface area contributed by atoms with E-state index in [1.165, 1.54) is 6.92 Å². The molecule has 6 N–H and O–H groups in total. The summed E-state index contributed by atoms with van der Waals surface area (Å²) in [6.45, 7) is 3.33. The Balaban J connectivity index is 2.76. The highest BCUT2D eigenvalue weighted by Gasteiger charge is 2.18. The summed E-state index contributed by atoms with van der Waals surface area (Å²) in [5.41, 5.74) is 1.26. The second-order valence-corrected chi connectivity index (χ2v) is 4.06. The minimum absolute atomic E-state index is 0.188. The van der Waals surface area contributed by atoms with E-state index < -0.39 is 5.60 Å². The van der Waals surface area contributed by atoms with Gasteiger partial charge in [-0.15, -0.1) is 0 Å². The number of nitrogens with zero attached hydrogens (tertiary/aromatic N) is 2. The Bertz CT molecular complexity index is 347. The molecule has 1 rings (SSSR count). The molecule has 0 saturated carbocycles. The molecule has 1 atom stereocenters. The molecule has 0 aliphatic rings. The molecule has 1 heterocycles. The standard InChI is InChI=1S/C10H19N5O2/c1-3-7-13-8(4-9(14-7)15-11)12-5-10(2,17)6-16/h4,16-17H,3,5-6,11H2,1-2H3,(H2,12,13,14,15). The summed E-state index contributed by atoms with van der Waals surface area (Å²) in [6, 6.07) is 1.63. The van der Waals surface area contributed by atoms with Gasteiger partial charge in [0, 0.05) is 19.0 Å². The predicted octanol–water partition coefficient (Wildman–Crippen LogP) is -0.520. The first kappa shape index (κ1) is 13.6. The van der Waals surface area contributed by atoms with E-state index in [-0.39, 0.29) is 13.2 Å². The number of hydrogen-bond donors (Lipinski definition) is 5. The summed E-state index contributed by atoms with van der Waals surface area (Å²) in [4.78, 5) is 8.36. The van der Waals surface area contributed by atoms with Gasteiger partial charge < -0.3 is 21.0 Å². The molecule has 0 aliphatic heterocycles. The van der Waals surface area contributed by atoms with Crippen LogP contribution in [0.25, 0.3) is 0 Å². The van der Waals surface area contributed by atoms with Crippen molar-refractivity contribution in [3.05, 3.63) is 11.9 Å². The number of nitrogens with two attached hydrogens (primary N) is 1. The topological polar surface area (TPSA) is 116 Å². The molecular formula is C10H19N5O2. The molecule has 0 amide bonds. The van der Waals surface area contributed by atoms with E-state index >= 15 is 0 Å². The fourth-order valence-electron chi connectivity index (χ4n) is 1.16. The molecule has 1 unspecified atom stereocenters. The van der Waals surface area contributed by atoms with Crippen molar-refractivity contribution in [1.29, 1.82) is 0 Å². The number of nitrogen functional groups attached to an aromatic ring is 1. The van der Waals surface area contributed by atoms with E-state index in [4.69, 9.17) is 10.9 Å². The van der Waals surface area contributed by atoms with Crippen molar-refractivity contribution in [2.24, 2.45) is 5.84 Å². The second-order valence-electron chi connectivity index (χ2n) is 4.06. The number of hydrogen-bond acceptors (Lipinski definition) is 7. The maximum atomic E-state index is 9.64. The van der Waals surface area contributed by atoms with Gasteiger partial charge in [0.25, 0.3) is 0 Å². The first-order valence-corrected chi connectivity index (χ1v) is 5.42. The van der Waals surface area contributed by atoms with Crippen LogP contribution in [0.4, 0.5) is 11.6 Å². The Morgan fingerprint density at radius 3 is 2.59 bits per heavy atom. The minimum Gasteiger partial charge on any atom is -0.393 e. The van der Waals surface area contributed by atoms with Crippen LogP contribution in [0, 0.1) is 0 Å². The smallest absolute Gasteiger partial charge is 0.145 e. The number of aromatic nitrogens is 2. The molecule has 0 radical (unpaired) electrons. The van der Waals surface area contributed by atoms with Crippen LogP contribution in [-0.4, -0.2) is 38.9 Å². The number of aliphatic hydroxyl groups excluding tert-OH is 1. The highest BCUT2D eigenvalue weighted by Crippen LogP contribution is 2.12. The number of rotatable bonds is 6. The first-order valence-electron chi connectivity index (χ1n) is 5.42. The fourth-order valence-corrected chi connectivity index (χ4v) is 1.16. The summed E-state index contributed by atoms with van der Waals surface area (Å²) in [5.74, 6) is 6.99. The molecule has 96 valence electrons. The van der Waals surface area contributed by atoms with Gasteiger partial charge in [-0.2, -0.15) is 0 Å². The van der Waals surface area contributed by atoms with Gasteiger partial charge in [0.1, 0.15) is 23.1 Å². The summed E-state index contributed by atoms with van der Waals surface area (Å²) in [5, 5.41) is 21.5. The van der Waals surface area contributed by atoms with Crippen LogP contribution in [0.3, 0.4) is 0 Å². The van der Waals surface area contributed by atoms with Gasteiger partial charge in [-0.3, -0.25) is 0 Å².